The van der Waals surface area contributed by atoms with E-state index in [2.05, 4.69) is 5.10 Å². The summed E-state index contributed by atoms with van der Waals surface area (Å²) in [5.41, 5.74) is 2.98. The van der Waals surface area contributed by atoms with Gasteiger partial charge in [-0.15, -0.1) is 0 Å². The third-order valence-corrected chi connectivity index (χ3v) is 6.17. The first-order chi connectivity index (χ1) is 13.8. The number of nitrogens with zero attached hydrogens (tertiary/aromatic N) is 3. The highest BCUT2D eigenvalue weighted by molar-refractivity contribution is 5.91. The fourth-order valence-corrected chi connectivity index (χ4v) is 4.14. The van der Waals surface area contributed by atoms with Crippen molar-refractivity contribution in [1.82, 2.24) is 9.78 Å². The van der Waals surface area contributed by atoms with E-state index in [0.717, 1.165) is 29.5 Å². The largest absolute Gasteiger partial charge is 0.492 e. The van der Waals surface area contributed by atoms with Crippen molar-refractivity contribution >= 4 is 11.8 Å². The van der Waals surface area contributed by atoms with Gasteiger partial charge in [0.15, 0.2) is 0 Å². The number of carboxylic acid groups (broad SMARTS) is 1. The van der Waals surface area contributed by atoms with E-state index in [-0.39, 0.29) is 19.1 Å². The number of hydrogen-bond donors (Lipinski definition) is 1. The highest BCUT2D eigenvalue weighted by Gasteiger charge is 2.57. The maximum Gasteiger partial charge on any atom is 0.412 e. The molecule has 1 aromatic carbocycles. The molecule has 2 aromatic rings. The van der Waals surface area contributed by atoms with Crippen molar-refractivity contribution in [3.8, 4) is 16.9 Å². The van der Waals surface area contributed by atoms with Gasteiger partial charge in [0.25, 0.3) is 5.92 Å². The van der Waals surface area contributed by atoms with Crippen LogP contribution in [0.3, 0.4) is 0 Å². The number of carbonyl (C=O) groups is 1. The van der Waals surface area contributed by atoms with Gasteiger partial charge in [0.1, 0.15) is 5.75 Å². The van der Waals surface area contributed by atoms with E-state index < -0.39 is 17.9 Å². The Morgan fingerprint density at radius 3 is 2.76 bits per heavy atom. The zero-order valence-electron chi connectivity index (χ0n) is 16.1. The summed E-state index contributed by atoms with van der Waals surface area (Å²) in [5.74, 6) is -2.93. The molecule has 0 radical (unpaired) electrons. The molecule has 1 amide bonds. The molecule has 0 spiro atoms. The highest BCUT2D eigenvalue weighted by Crippen LogP contribution is 2.50. The number of fused-ring (bicyclic) bond motifs is 1. The van der Waals surface area contributed by atoms with Gasteiger partial charge in [-0.25, -0.2) is 13.6 Å². The minimum atomic E-state index is -2.66. The normalized spacial score (nSPS) is 24.9. The van der Waals surface area contributed by atoms with Crippen molar-refractivity contribution in [2.45, 2.75) is 57.0 Å². The van der Waals surface area contributed by atoms with Gasteiger partial charge in [-0.1, -0.05) is 0 Å². The van der Waals surface area contributed by atoms with Gasteiger partial charge >= 0.3 is 6.09 Å². The third kappa shape index (κ3) is 3.24. The lowest BCUT2D eigenvalue weighted by Gasteiger charge is -2.34. The first kappa shape index (κ1) is 18.4. The molecule has 0 bridgehead atoms. The predicted molar refractivity (Wildman–Crippen MR) is 103 cm³/mol. The zero-order valence-corrected chi connectivity index (χ0v) is 16.1. The number of amides is 1. The molecule has 2 heterocycles. The van der Waals surface area contributed by atoms with Crippen LogP contribution in [0.15, 0.2) is 24.5 Å². The Hall–Kier alpha value is -2.64. The van der Waals surface area contributed by atoms with E-state index in [1.54, 1.807) is 12.3 Å². The smallest absolute Gasteiger partial charge is 0.412 e. The molecule has 1 aliphatic heterocycles. The maximum atomic E-state index is 13.4. The second-order valence-corrected chi connectivity index (χ2v) is 8.39. The van der Waals surface area contributed by atoms with Crippen LogP contribution in [0.25, 0.3) is 11.1 Å². The summed E-state index contributed by atoms with van der Waals surface area (Å²) < 4.78 is 34.7. The first-order valence-electron chi connectivity index (χ1n) is 10.1. The average Bonchev–Trinajstić information content (AvgIpc) is 3.56. The Morgan fingerprint density at radius 2 is 2.10 bits per heavy atom. The molecule has 1 aromatic heterocycles. The number of rotatable bonds is 5. The average molecular weight is 403 g/mol. The quantitative estimate of drug-likeness (QED) is 0.783. The van der Waals surface area contributed by atoms with Crippen molar-refractivity contribution in [3.63, 3.8) is 0 Å². The molecule has 2 atom stereocenters. The molecule has 2 fully saturated rings. The third-order valence-electron chi connectivity index (χ3n) is 6.17. The lowest BCUT2D eigenvalue weighted by Crippen LogP contribution is -2.41. The molecule has 1 unspecified atom stereocenters. The van der Waals surface area contributed by atoms with Crippen LogP contribution in [-0.4, -0.2) is 39.6 Å². The molecule has 5 rings (SSSR count). The standard InChI is InChI=1S/C21H23F2N3O3/c1-12-2-5-17-18(26(12)20(27)28)7-6-16(13-9-24-25(10-13)15-3-4-15)19(17)29-11-14-8-21(14,22)23/h6-7,9-10,12,14-15H,2-5,8,11H2,1H3,(H,27,28)/t12-,14?/m0/s1. The van der Waals surface area contributed by atoms with Crippen LogP contribution in [0.5, 0.6) is 5.75 Å². The number of anilines is 1. The molecule has 1 N–H and O–H groups in total. The van der Waals surface area contributed by atoms with Crippen LogP contribution in [0.4, 0.5) is 19.3 Å². The number of aromatic nitrogens is 2. The molecule has 29 heavy (non-hydrogen) atoms. The van der Waals surface area contributed by atoms with Crippen LogP contribution in [0, 0.1) is 5.92 Å². The second-order valence-electron chi connectivity index (χ2n) is 8.39. The monoisotopic (exact) mass is 403 g/mol. The Balaban J connectivity index is 1.55. The maximum absolute atomic E-state index is 13.4. The minimum Gasteiger partial charge on any atom is -0.492 e. The summed E-state index contributed by atoms with van der Waals surface area (Å²) >= 11 is 0. The fourth-order valence-electron chi connectivity index (χ4n) is 4.14. The molecule has 154 valence electrons. The molecule has 8 heteroatoms. The number of ether oxygens (including phenoxy) is 1. The number of halogens is 2. The second kappa shape index (κ2) is 6.43. The van der Waals surface area contributed by atoms with Gasteiger partial charge in [0.05, 0.1) is 30.5 Å². The molecular formula is C21H23F2N3O3. The van der Waals surface area contributed by atoms with Crippen molar-refractivity contribution in [1.29, 1.82) is 0 Å². The van der Waals surface area contributed by atoms with E-state index in [0.29, 0.717) is 30.3 Å². The van der Waals surface area contributed by atoms with Crippen molar-refractivity contribution in [3.05, 3.63) is 30.1 Å². The van der Waals surface area contributed by atoms with Crippen LogP contribution in [0.2, 0.25) is 0 Å². The summed E-state index contributed by atoms with van der Waals surface area (Å²) in [6, 6.07) is 3.89. The van der Waals surface area contributed by atoms with Crippen molar-refractivity contribution < 1.29 is 23.4 Å². The summed E-state index contributed by atoms with van der Waals surface area (Å²) in [4.78, 5) is 13.2. The predicted octanol–water partition coefficient (Wildman–Crippen LogP) is 4.74. The Labute approximate surface area is 167 Å². The Kier molecular flexibility index (Phi) is 4.08. The molecule has 6 nitrogen and oxygen atoms in total. The number of benzene rings is 1. The Bertz CT molecular complexity index is 970. The first-order valence-corrected chi connectivity index (χ1v) is 10.1. The lowest BCUT2D eigenvalue weighted by molar-refractivity contribution is 0.0855. The summed E-state index contributed by atoms with van der Waals surface area (Å²) in [6.45, 7) is 1.80. The number of hydrogen-bond acceptors (Lipinski definition) is 3. The molecule has 3 aliphatic rings. The summed E-state index contributed by atoms with van der Waals surface area (Å²) in [6.07, 6.45) is 6.05. The fraction of sp³-hybridized carbons (Fsp3) is 0.524. The van der Waals surface area contributed by atoms with Crippen molar-refractivity contribution in [2.24, 2.45) is 5.92 Å². The molecule has 0 saturated heterocycles. The van der Waals surface area contributed by atoms with Crippen LogP contribution in [-0.2, 0) is 6.42 Å². The van der Waals surface area contributed by atoms with Gasteiger partial charge < -0.3 is 9.84 Å². The van der Waals surface area contributed by atoms with E-state index >= 15 is 0 Å². The number of alkyl halides is 2. The van der Waals surface area contributed by atoms with E-state index in [4.69, 9.17) is 4.74 Å². The molecule has 2 aliphatic carbocycles. The topological polar surface area (TPSA) is 67.6 Å². The van der Waals surface area contributed by atoms with E-state index in [1.807, 2.05) is 23.9 Å². The van der Waals surface area contributed by atoms with Gasteiger partial charge in [0, 0.05) is 35.3 Å². The van der Waals surface area contributed by atoms with Crippen molar-refractivity contribution in [2.75, 3.05) is 11.5 Å². The van der Waals surface area contributed by atoms with Gasteiger partial charge in [0.2, 0.25) is 0 Å². The lowest BCUT2D eigenvalue weighted by atomic mass is 9.92. The van der Waals surface area contributed by atoms with Gasteiger partial charge in [-0.2, -0.15) is 5.10 Å². The van der Waals surface area contributed by atoms with Gasteiger partial charge in [-0.05, 0) is 44.7 Å². The van der Waals surface area contributed by atoms with E-state index in [1.165, 1.54) is 4.90 Å². The SMILES string of the molecule is C[C@H]1CCc2c(ccc(-c3cnn(C4CC4)c3)c2OCC2CC2(F)F)N1C(=O)O. The van der Waals surface area contributed by atoms with E-state index in [9.17, 15) is 18.7 Å². The van der Waals surface area contributed by atoms with Crippen LogP contribution >= 0.6 is 0 Å². The minimum absolute atomic E-state index is 0.0736. The molecular weight excluding hydrogens is 380 g/mol. The summed E-state index contributed by atoms with van der Waals surface area (Å²) in [5, 5.41) is 14.1. The molecule has 2 saturated carbocycles. The zero-order chi connectivity index (χ0) is 20.3. The van der Waals surface area contributed by atoms with Crippen LogP contribution < -0.4 is 9.64 Å². The van der Waals surface area contributed by atoms with Gasteiger partial charge in [-0.3, -0.25) is 9.58 Å². The summed E-state index contributed by atoms with van der Waals surface area (Å²) in [7, 11) is 0. The highest BCUT2D eigenvalue weighted by atomic mass is 19.3. The Morgan fingerprint density at radius 1 is 1.34 bits per heavy atom. The van der Waals surface area contributed by atoms with Crippen LogP contribution in [0.1, 0.15) is 44.2 Å².